The Kier molecular flexibility index (Phi) is 6.75. The zero-order chi connectivity index (χ0) is 21.0. The van der Waals surface area contributed by atoms with Crippen LogP contribution in [0.4, 0.5) is 5.69 Å². The van der Waals surface area contributed by atoms with Gasteiger partial charge in [0.2, 0.25) is 5.06 Å². The fourth-order valence-corrected chi connectivity index (χ4v) is 3.63. The molecule has 5 nitrogen and oxygen atoms in total. The van der Waals surface area contributed by atoms with Crippen LogP contribution in [-0.2, 0) is 0 Å². The fraction of sp³-hybridized carbons (Fsp3) is 0.190. The molecule has 1 aromatic heterocycles. The highest BCUT2D eigenvalue weighted by Gasteiger charge is 2.20. The second kappa shape index (κ2) is 9.27. The molecule has 0 spiro atoms. The molecule has 0 unspecified atom stereocenters. The van der Waals surface area contributed by atoms with E-state index >= 15 is 0 Å². The van der Waals surface area contributed by atoms with Gasteiger partial charge in [-0.2, -0.15) is 9.64 Å². The SMILES string of the molecule is CCN(C)C=Nc1cc(C)c(Oc2snc(-c3ccccc3Cl)c2C#N)cc1Cl. The Balaban J connectivity index is 1.93. The molecule has 0 saturated carbocycles. The van der Waals surface area contributed by atoms with E-state index in [2.05, 4.69) is 15.4 Å². The molecule has 0 amide bonds. The number of aliphatic imine (C=N–C) groups is 1. The first-order chi connectivity index (χ1) is 13.9. The fourth-order valence-electron chi connectivity index (χ4n) is 2.48. The number of benzene rings is 2. The maximum atomic E-state index is 9.68. The van der Waals surface area contributed by atoms with Crippen molar-refractivity contribution in [2.24, 2.45) is 4.99 Å². The van der Waals surface area contributed by atoms with E-state index in [9.17, 15) is 5.26 Å². The molecule has 0 N–H and O–H groups in total. The van der Waals surface area contributed by atoms with Gasteiger partial charge < -0.3 is 9.64 Å². The number of hydrogen-bond donors (Lipinski definition) is 0. The zero-order valence-electron chi connectivity index (χ0n) is 16.1. The number of nitriles is 1. The van der Waals surface area contributed by atoms with E-state index in [4.69, 9.17) is 27.9 Å². The highest BCUT2D eigenvalue weighted by Crippen LogP contribution is 2.41. The zero-order valence-corrected chi connectivity index (χ0v) is 18.4. The van der Waals surface area contributed by atoms with Gasteiger partial charge in [-0.05, 0) is 31.5 Å². The predicted octanol–water partition coefficient (Wildman–Crippen LogP) is 6.70. The van der Waals surface area contributed by atoms with E-state index in [1.54, 1.807) is 18.5 Å². The lowest BCUT2D eigenvalue weighted by molar-refractivity contribution is 0.491. The van der Waals surface area contributed by atoms with E-state index in [1.807, 2.05) is 50.1 Å². The highest BCUT2D eigenvalue weighted by molar-refractivity contribution is 7.08. The molecule has 0 fully saturated rings. The minimum absolute atomic E-state index is 0.338. The average Bonchev–Trinajstić information content (AvgIpc) is 3.11. The topological polar surface area (TPSA) is 61.5 Å². The van der Waals surface area contributed by atoms with Gasteiger partial charge in [0.15, 0.2) is 0 Å². The number of ether oxygens (including phenoxy) is 1. The maximum absolute atomic E-state index is 9.68. The van der Waals surface area contributed by atoms with Gasteiger partial charge in [0.25, 0.3) is 0 Å². The van der Waals surface area contributed by atoms with Crippen molar-refractivity contribution in [2.75, 3.05) is 13.6 Å². The van der Waals surface area contributed by atoms with Crippen molar-refractivity contribution >= 4 is 46.8 Å². The van der Waals surface area contributed by atoms with E-state index in [0.717, 1.165) is 23.6 Å². The van der Waals surface area contributed by atoms with Crippen LogP contribution in [0.2, 0.25) is 10.0 Å². The standard InChI is InChI=1S/C21H18Cl2N4OS/c1-4-27(3)12-25-18-9-13(2)19(10-17(18)23)28-21-15(11-24)20(26-29-21)14-7-5-6-8-16(14)22/h5-10,12H,4H2,1-3H3. The van der Waals surface area contributed by atoms with Gasteiger partial charge in [-0.15, -0.1) is 0 Å². The largest absolute Gasteiger partial charge is 0.443 e. The van der Waals surface area contributed by atoms with Gasteiger partial charge >= 0.3 is 0 Å². The second-order valence-electron chi connectivity index (χ2n) is 6.27. The van der Waals surface area contributed by atoms with Crippen molar-refractivity contribution in [1.82, 2.24) is 9.27 Å². The first-order valence-electron chi connectivity index (χ1n) is 8.81. The molecule has 0 atom stereocenters. The lowest BCUT2D eigenvalue weighted by Crippen LogP contribution is -2.14. The summed E-state index contributed by atoms with van der Waals surface area (Å²) in [5.74, 6) is 0.545. The van der Waals surface area contributed by atoms with Gasteiger partial charge in [0, 0.05) is 36.8 Å². The number of hydrogen-bond acceptors (Lipinski definition) is 5. The van der Waals surface area contributed by atoms with Gasteiger partial charge in [-0.3, -0.25) is 0 Å². The summed E-state index contributed by atoms with van der Waals surface area (Å²) in [5.41, 5.74) is 3.03. The quantitative estimate of drug-likeness (QED) is 0.313. The summed E-state index contributed by atoms with van der Waals surface area (Å²) in [7, 11) is 1.94. The summed E-state index contributed by atoms with van der Waals surface area (Å²) < 4.78 is 10.4. The molecule has 148 valence electrons. The molecule has 1 heterocycles. The second-order valence-corrected chi connectivity index (χ2v) is 7.82. The summed E-state index contributed by atoms with van der Waals surface area (Å²) >= 11 is 13.7. The van der Waals surface area contributed by atoms with E-state index in [-0.39, 0.29) is 0 Å². The van der Waals surface area contributed by atoms with Crippen LogP contribution < -0.4 is 4.74 Å². The Morgan fingerprint density at radius 3 is 2.72 bits per heavy atom. The van der Waals surface area contributed by atoms with E-state index in [1.165, 1.54) is 0 Å². The van der Waals surface area contributed by atoms with Crippen LogP contribution in [0.1, 0.15) is 18.1 Å². The molecular weight excluding hydrogens is 427 g/mol. The van der Waals surface area contributed by atoms with Crippen molar-refractivity contribution in [1.29, 1.82) is 5.26 Å². The van der Waals surface area contributed by atoms with Crippen LogP contribution in [0.5, 0.6) is 10.8 Å². The summed E-state index contributed by atoms with van der Waals surface area (Å²) in [4.78, 5) is 6.36. The summed E-state index contributed by atoms with van der Waals surface area (Å²) in [6.45, 7) is 4.78. The molecule has 8 heteroatoms. The van der Waals surface area contributed by atoms with Crippen LogP contribution in [0.25, 0.3) is 11.3 Å². The Morgan fingerprint density at radius 2 is 2.03 bits per heavy atom. The third-order valence-corrected chi connectivity index (χ3v) is 5.60. The smallest absolute Gasteiger partial charge is 0.218 e. The van der Waals surface area contributed by atoms with Crippen LogP contribution in [0, 0.1) is 18.3 Å². The van der Waals surface area contributed by atoms with Crippen molar-refractivity contribution in [3.05, 3.63) is 57.6 Å². The van der Waals surface area contributed by atoms with Gasteiger partial charge in [0.05, 0.1) is 22.1 Å². The Bertz CT molecular complexity index is 1100. The normalized spacial score (nSPS) is 10.9. The lowest BCUT2D eigenvalue weighted by atomic mass is 10.1. The first kappa shape index (κ1) is 21.1. The van der Waals surface area contributed by atoms with Gasteiger partial charge in [-0.25, -0.2) is 4.99 Å². The monoisotopic (exact) mass is 444 g/mol. The number of rotatable bonds is 6. The van der Waals surface area contributed by atoms with E-state index < -0.39 is 0 Å². The molecule has 2 aromatic carbocycles. The molecule has 0 radical (unpaired) electrons. The molecule has 3 rings (SSSR count). The molecule has 29 heavy (non-hydrogen) atoms. The van der Waals surface area contributed by atoms with Crippen LogP contribution in [0.3, 0.4) is 0 Å². The molecular formula is C21H18Cl2N4OS. The predicted molar refractivity (Wildman–Crippen MR) is 120 cm³/mol. The lowest BCUT2D eigenvalue weighted by Gasteiger charge is -2.11. The van der Waals surface area contributed by atoms with Crippen LogP contribution >= 0.6 is 34.7 Å². The average molecular weight is 445 g/mol. The molecule has 0 aliphatic carbocycles. The first-order valence-corrected chi connectivity index (χ1v) is 10.3. The number of aromatic nitrogens is 1. The Morgan fingerprint density at radius 1 is 1.28 bits per heavy atom. The molecule has 0 aliphatic heterocycles. The van der Waals surface area contributed by atoms with Crippen LogP contribution in [0.15, 0.2) is 41.4 Å². The Labute approximate surface area is 184 Å². The van der Waals surface area contributed by atoms with Crippen molar-refractivity contribution in [3.8, 4) is 28.1 Å². The van der Waals surface area contributed by atoms with Crippen LogP contribution in [-0.4, -0.2) is 29.2 Å². The number of halogens is 2. The summed E-state index contributed by atoms with van der Waals surface area (Å²) in [6, 6.07) is 13.0. The molecule has 0 saturated heterocycles. The number of nitrogens with zero attached hydrogens (tertiary/aromatic N) is 4. The number of aryl methyl sites for hydroxylation is 1. The van der Waals surface area contributed by atoms with Crippen molar-refractivity contribution in [3.63, 3.8) is 0 Å². The highest BCUT2D eigenvalue weighted by atomic mass is 35.5. The van der Waals surface area contributed by atoms with Crippen molar-refractivity contribution in [2.45, 2.75) is 13.8 Å². The van der Waals surface area contributed by atoms with Crippen molar-refractivity contribution < 1.29 is 4.74 Å². The van der Waals surface area contributed by atoms with E-state index in [0.29, 0.717) is 43.4 Å². The third-order valence-electron chi connectivity index (χ3n) is 4.24. The molecule has 3 aromatic rings. The Hall–Kier alpha value is -2.59. The maximum Gasteiger partial charge on any atom is 0.218 e. The van der Waals surface area contributed by atoms with Gasteiger partial charge in [0.1, 0.15) is 23.1 Å². The molecule has 0 bridgehead atoms. The molecule has 0 aliphatic rings. The minimum Gasteiger partial charge on any atom is -0.443 e. The minimum atomic E-state index is 0.338. The van der Waals surface area contributed by atoms with Gasteiger partial charge in [-0.1, -0.05) is 41.4 Å². The summed E-state index contributed by atoms with van der Waals surface area (Å²) in [6.07, 6.45) is 1.73. The third kappa shape index (κ3) is 4.70. The summed E-state index contributed by atoms with van der Waals surface area (Å²) in [5, 5.41) is 11.1.